The molecule has 15 heavy (non-hydrogen) atoms. The molecule has 0 spiro atoms. The molecule has 0 radical (unpaired) electrons. The lowest BCUT2D eigenvalue weighted by Gasteiger charge is -2.03. The van der Waals surface area contributed by atoms with Crippen LogP contribution in [0.15, 0.2) is 12.3 Å². The first-order valence-electron chi connectivity index (χ1n) is 4.79. The van der Waals surface area contributed by atoms with Crippen molar-refractivity contribution in [1.82, 2.24) is 15.1 Å². The Morgan fingerprint density at radius 1 is 1.67 bits per heavy atom. The molecule has 0 saturated heterocycles. The van der Waals surface area contributed by atoms with Gasteiger partial charge in [-0.25, -0.2) is 0 Å². The molecule has 3 N–H and O–H groups in total. The number of amides is 1. The average molecular weight is 212 g/mol. The van der Waals surface area contributed by atoms with E-state index in [9.17, 15) is 4.79 Å². The van der Waals surface area contributed by atoms with Crippen molar-refractivity contribution in [3.8, 4) is 0 Å². The second kappa shape index (κ2) is 6.15. The van der Waals surface area contributed by atoms with Gasteiger partial charge in [0.05, 0.1) is 13.2 Å². The molecule has 0 saturated carbocycles. The number of nitrogens with one attached hydrogen (secondary N) is 1. The van der Waals surface area contributed by atoms with Gasteiger partial charge in [-0.05, 0) is 6.07 Å². The SMILES string of the molecule is Cn1ccc(C(=O)NCCOCCN)n1. The molecule has 0 fully saturated rings. The summed E-state index contributed by atoms with van der Waals surface area (Å²) in [6.07, 6.45) is 1.72. The van der Waals surface area contributed by atoms with Crippen molar-refractivity contribution in [3.05, 3.63) is 18.0 Å². The normalized spacial score (nSPS) is 10.3. The van der Waals surface area contributed by atoms with Crippen LogP contribution in [0, 0.1) is 0 Å². The summed E-state index contributed by atoms with van der Waals surface area (Å²) >= 11 is 0. The molecule has 0 bridgehead atoms. The molecule has 1 rings (SSSR count). The number of ether oxygens (including phenoxy) is 1. The number of carbonyl (C=O) groups excluding carboxylic acids is 1. The maximum atomic E-state index is 11.4. The van der Waals surface area contributed by atoms with Gasteiger partial charge in [0.2, 0.25) is 0 Å². The third kappa shape index (κ3) is 4.09. The van der Waals surface area contributed by atoms with Crippen molar-refractivity contribution >= 4 is 5.91 Å². The Morgan fingerprint density at radius 3 is 3.07 bits per heavy atom. The monoisotopic (exact) mass is 212 g/mol. The van der Waals surface area contributed by atoms with E-state index in [0.29, 0.717) is 32.0 Å². The van der Waals surface area contributed by atoms with Gasteiger partial charge in [-0.1, -0.05) is 0 Å². The molecule has 0 aliphatic rings. The summed E-state index contributed by atoms with van der Waals surface area (Å²) in [6.45, 7) is 1.94. The van der Waals surface area contributed by atoms with Crippen molar-refractivity contribution in [1.29, 1.82) is 0 Å². The summed E-state index contributed by atoms with van der Waals surface area (Å²) in [6, 6.07) is 1.66. The summed E-state index contributed by atoms with van der Waals surface area (Å²) in [4.78, 5) is 11.4. The van der Waals surface area contributed by atoms with Crippen molar-refractivity contribution in [2.75, 3.05) is 26.3 Å². The molecule has 0 atom stereocenters. The maximum Gasteiger partial charge on any atom is 0.271 e. The lowest BCUT2D eigenvalue weighted by molar-refractivity contribution is 0.0914. The number of aromatic nitrogens is 2. The first-order chi connectivity index (χ1) is 7.24. The van der Waals surface area contributed by atoms with E-state index in [0.717, 1.165) is 0 Å². The first kappa shape index (κ1) is 11.7. The Labute approximate surface area is 88.4 Å². The number of rotatable bonds is 6. The summed E-state index contributed by atoms with van der Waals surface area (Å²) in [5, 5.41) is 6.66. The first-order valence-corrected chi connectivity index (χ1v) is 4.79. The van der Waals surface area contributed by atoms with Crippen molar-refractivity contribution in [2.24, 2.45) is 12.8 Å². The highest BCUT2D eigenvalue weighted by molar-refractivity contribution is 5.92. The topological polar surface area (TPSA) is 82.2 Å². The van der Waals surface area contributed by atoms with Crippen LogP contribution in [0.25, 0.3) is 0 Å². The number of hydrogen-bond acceptors (Lipinski definition) is 4. The molecule has 84 valence electrons. The van der Waals surface area contributed by atoms with Crippen molar-refractivity contribution in [2.45, 2.75) is 0 Å². The van der Waals surface area contributed by atoms with Gasteiger partial charge in [0.1, 0.15) is 5.69 Å². The fourth-order valence-corrected chi connectivity index (χ4v) is 1.05. The van der Waals surface area contributed by atoms with Gasteiger partial charge in [-0.2, -0.15) is 5.10 Å². The third-order valence-corrected chi connectivity index (χ3v) is 1.74. The molecule has 1 aromatic heterocycles. The van der Waals surface area contributed by atoms with Crippen LogP contribution in [-0.2, 0) is 11.8 Å². The van der Waals surface area contributed by atoms with Crippen LogP contribution in [0.4, 0.5) is 0 Å². The number of aryl methyl sites for hydroxylation is 1. The van der Waals surface area contributed by atoms with Gasteiger partial charge in [0.15, 0.2) is 0 Å². The molecule has 0 aliphatic carbocycles. The largest absolute Gasteiger partial charge is 0.378 e. The molecule has 0 aromatic carbocycles. The van der Waals surface area contributed by atoms with Crippen LogP contribution in [0.5, 0.6) is 0 Å². The van der Waals surface area contributed by atoms with E-state index in [1.807, 2.05) is 0 Å². The highest BCUT2D eigenvalue weighted by Crippen LogP contribution is 1.92. The molecule has 1 amide bonds. The van der Waals surface area contributed by atoms with Gasteiger partial charge in [-0.3, -0.25) is 9.48 Å². The Bertz CT molecular complexity index is 311. The van der Waals surface area contributed by atoms with E-state index in [2.05, 4.69) is 10.4 Å². The summed E-state index contributed by atoms with van der Waals surface area (Å²) in [7, 11) is 1.77. The lowest BCUT2D eigenvalue weighted by atomic mass is 10.4. The second-order valence-electron chi connectivity index (χ2n) is 3.03. The van der Waals surface area contributed by atoms with Gasteiger partial charge < -0.3 is 15.8 Å². The van der Waals surface area contributed by atoms with Crippen LogP contribution in [0.3, 0.4) is 0 Å². The average Bonchev–Trinajstić information content (AvgIpc) is 2.64. The number of nitrogens with two attached hydrogens (primary N) is 1. The minimum atomic E-state index is -0.188. The quantitative estimate of drug-likeness (QED) is 0.600. The van der Waals surface area contributed by atoms with Crippen LogP contribution >= 0.6 is 0 Å². The number of carbonyl (C=O) groups is 1. The van der Waals surface area contributed by atoms with Crippen LogP contribution in [0.2, 0.25) is 0 Å². The smallest absolute Gasteiger partial charge is 0.271 e. The van der Waals surface area contributed by atoms with E-state index in [4.69, 9.17) is 10.5 Å². The zero-order valence-corrected chi connectivity index (χ0v) is 8.77. The van der Waals surface area contributed by atoms with E-state index in [1.165, 1.54) is 0 Å². The minimum absolute atomic E-state index is 0.188. The zero-order chi connectivity index (χ0) is 11.1. The third-order valence-electron chi connectivity index (χ3n) is 1.74. The van der Waals surface area contributed by atoms with Gasteiger partial charge in [-0.15, -0.1) is 0 Å². The highest BCUT2D eigenvalue weighted by atomic mass is 16.5. The fraction of sp³-hybridized carbons (Fsp3) is 0.556. The van der Waals surface area contributed by atoms with Crippen molar-refractivity contribution < 1.29 is 9.53 Å². The van der Waals surface area contributed by atoms with Gasteiger partial charge >= 0.3 is 0 Å². The molecule has 1 aromatic rings. The van der Waals surface area contributed by atoms with Crippen molar-refractivity contribution in [3.63, 3.8) is 0 Å². The van der Waals surface area contributed by atoms with Gasteiger partial charge in [0, 0.05) is 26.3 Å². The molecular formula is C9H16N4O2. The van der Waals surface area contributed by atoms with E-state index in [-0.39, 0.29) is 5.91 Å². The Hall–Kier alpha value is -1.40. The molecular weight excluding hydrogens is 196 g/mol. The zero-order valence-electron chi connectivity index (χ0n) is 8.77. The second-order valence-corrected chi connectivity index (χ2v) is 3.03. The van der Waals surface area contributed by atoms with E-state index in [1.54, 1.807) is 24.0 Å². The highest BCUT2D eigenvalue weighted by Gasteiger charge is 2.06. The number of hydrogen-bond donors (Lipinski definition) is 2. The summed E-state index contributed by atoms with van der Waals surface area (Å²) in [5.41, 5.74) is 5.65. The molecule has 1 heterocycles. The minimum Gasteiger partial charge on any atom is -0.378 e. The lowest BCUT2D eigenvalue weighted by Crippen LogP contribution is -2.28. The van der Waals surface area contributed by atoms with Crippen LogP contribution in [0.1, 0.15) is 10.5 Å². The summed E-state index contributed by atoms with van der Waals surface area (Å²) < 4.78 is 6.69. The predicted molar refractivity (Wildman–Crippen MR) is 55.4 cm³/mol. The molecule has 0 aliphatic heterocycles. The molecule has 6 nitrogen and oxygen atoms in total. The Kier molecular flexibility index (Phi) is 4.79. The Morgan fingerprint density at radius 2 is 2.47 bits per heavy atom. The van der Waals surface area contributed by atoms with E-state index < -0.39 is 0 Å². The molecule has 6 heteroatoms. The maximum absolute atomic E-state index is 11.4. The van der Waals surface area contributed by atoms with Gasteiger partial charge in [0.25, 0.3) is 5.91 Å². The summed E-state index contributed by atoms with van der Waals surface area (Å²) in [5.74, 6) is -0.188. The predicted octanol–water partition coefficient (Wildman–Crippen LogP) is -0.875. The van der Waals surface area contributed by atoms with Crippen LogP contribution in [-0.4, -0.2) is 42.0 Å². The van der Waals surface area contributed by atoms with E-state index >= 15 is 0 Å². The fourth-order valence-electron chi connectivity index (χ4n) is 1.05. The Balaban J connectivity index is 2.19. The standard InChI is InChI=1S/C9H16N4O2/c1-13-5-2-8(12-13)9(14)11-4-7-15-6-3-10/h2,5H,3-4,6-7,10H2,1H3,(H,11,14). The molecule has 0 unspecified atom stereocenters. The number of nitrogens with zero attached hydrogens (tertiary/aromatic N) is 2. The van der Waals surface area contributed by atoms with Crippen LogP contribution < -0.4 is 11.1 Å².